The van der Waals surface area contributed by atoms with Gasteiger partial charge < -0.3 is 20.0 Å². The summed E-state index contributed by atoms with van der Waals surface area (Å²) in [5.74, 6) is -0.932. The number of halogens is 1. The van der Waals surface area contributed by atoms with Gasteiger partial charge in [0.25, 0.3) is 5.91 Å². The zero-order valence-corrected chi connectivity index (χ0v) is 14.9. The minimum Gasteiger partial charge on any atom is -0.550 e. The highest BCUT2D eigenvalue weighted by molar-refractivity contribution is 9.10. The van der Waals surface area contributed by atoms with E-state index in [-0.39, 0.29) is 12.3 Å². The first kappa shape index (κ1) is 18.0. The first-order valence-electron chi connectivity index (χ1n) is 7.31. The number of benzene rings is 2. The van der Waals surface area contributed by atoms with Crippen LogP contribution in [0.2, 0.25) is 0 Å². The summed E-state index contributed by atoms with van der Waals surface area (Å²) >= 11 is 3.38. The molecule has 0 spiro atoms. The number of amides is 1. The van der Waals surface area contributed by atoms with E-state index in [4.69, 9.17) is 4.74 Å². The van der Waals surface area contributed by atoms with Crippen LogP contribution in [0, 0.1) is 6.92 Å². The Morgan fingerprint density at radius 1 is 1.21 bits per heavy atom. The van der Waals surface area contributed by atoms with Gasteiger partial charge in [-0.05, 0) is 42.3 Å². The normalized spacial score (nSPS) is 11.6. The van der Waals surface area contributed by atoms with Crippen molar-refractivity contribution >= 4 is 27.8 Å². The van der Waals surface area contributed by atoms with Crippen molar-refractivity contribution in [1.29, 1.82) is 0 Å². The van der Waals surface area contributed by atoms with Crippen molar-refractivity contribution in [2.45, 2.75) is 19.4 Å². The zero-order chi connectivity index (χ0) is 17.7. The van der Waals surface area contributed by atoms with Gasteiger partial charge in [-0.2, -0.15) is 0 Å². The van der Waals surface area contributed by atoms with Crippen molar-refractivity contribution in [3.8, 4) is 5.75 Å². The summed E-state index contributed by atoms with van der Waals surface area (Å²) < 4.78 is 5.90. The lowest BCUT2D eigenvalue weighted by Crippen LogP contribution is -2.34. The van der Waals surface area contributed by atoms with Crippen LogP contribution in [0.1, 0.15) is 33.9 Å². The molecule has 0 radical (unpaired) electrons. The maximum absolute atomic E-state index is 12.4. The fourth-order valence-corrected chi connectivity index (χ4v) is 2.61. The van der Waals surface area contributed by atoms with E-state index < -0.39 is 12.0 Å². The molecule has 0 fully saturated rings. The molecule has 24 heavy (non-hydrogen) atoms. The molecule has 0 heterocycles. The minimum absolute atomic E-state index is 0.314. The molecule has 2 rings (SSSR count). The summed E-state index contributed by atoms with van der Waals surface area (Å²) in [6.07, 6.45) is -0.314. The first-order valence-corrected chi connectivity index (χ1v) is 8.11. The largest absolute Gasteiger partial charge is 0.550 e. The smallest absolute Gasteiger partial charge is 0.251 e. The van der Waals surface area contributed by atoms with Gasteiger partial charge in [0.2, 0.25) is 0 Å². The molecule has 0 aliphatic carbocycles. The average Bonchev–Trinajstić information content (AvgIpc) is 2.56. The Morgan fingerprint density at radius 2 is 1.88 bits per heavy atom. The number of carboxylic acid groups (broad SMARTS) is 1. The molecular formula is C18H17BrNO4-. The summed E-state index contributed by atoms with van der Waals surface area (Å²) in [6, 6.07) is 11.4. The lowest BCUT2D eigenvalue weighted by Gasteiger charge is -2.20. The molecule has 1 amide bonds. The third-order valence-electron chi connectivity index (χ3n) is 3.63. The third-order valence-corrected chi connectivity index (χ3v) is 4.48. The monoisotopic (exact) mass is 390 g/mol. The van der Waals surface area contributed by atoms with Gasteiger partial charge in [-0.15, -0.1) is 0 Å². The molecule has 0 unspecified atom stereocenters. The van der Waals surface area contributed by atoms with Crippen LogP contribution in [0.5, 0.6) is 5.75 Å². The quantitative estimate of drug-likeness (QED) is 0.820. The highest BCUT2D eigenvalue weighted by Gasteiger charge is 2.17. The number of rotatable bonds is 6. The van der Waals surface area contributed by atoms with E-state index in [0.29, 0.717) is 16.9 Å². The highest BCUT2D eigenvalue weighted by Crippen LogP contribution is 2.22. The number of hydrogen-bond donors (Lipinski definition) is 1. The van der Waals surface area contributed by atoms with Crippen molar-refractivity contribution in [3.05, 3.63) is 63.6 Å². The van der Waals surface area contributed by atoms with Crippen LogP contribution in [0.15, 0.2) is 46.9 Å². The Hall–Kier alpha value is -2.34. The van der Waals surface area contributed by atoms with E-state index in [1.165, 1.54) is 0 Å². The number of carbonyl (C=O) groups excluding carboxylic acids is 2. The molecule has 0 saturated carbocycles. The van der Waals surface area contributed by atoms with Crippen molar-refractivity contribution < 1.29 is 19.4 Å². The van der Waals surface area contributed by atoms with Crippen LogP contribution in [0.25, 0.3) is 0 Å². The van der Waals surface area contributed by atoms with Crippen molar-refractivity contribution in [1.82, 2.24) is 5.32 Å². The van der Waals surface area contributed by atoms with E-state index in [0.717, 1.165) is 10.0 Å². The fourth-order valence-electron chi connectivity index (χ4n) is 2.23. The second kappa shape index (κ2) is 7.97. The lowest BCUT2D eigenvalue weighted by molar-refractivity contribution is -0.306. The number of ether oxygens (including phenoxy) is 1. The fraction of sp³-hybridized carbons (Fsp3) is 0.222. The van der Waals surface area contributed by atoms with Crippen LogP contribution in [0.3, 0.4) is 0 Å². The molecule has 126 valence electrons. The highest BCUT2D eigenvalue weighted by atomic mass is 79.9. The number of nitrogens with one attached hydrogen (secondary N) is 1. The molecule has 5 nitrogen and oxygen atoms in total. The van der Waals surface area contributed by atoms with Gasteiger partial charge in [0.1, 0.15) is 5.75 Å². The van der Waals surface area contributed by atoms with Gasteiger partial charge in [-0.25, -0.2) is 0 Å². The molecule has 6 heteroatoms. The van der Waals surface area contributed by atoms with Crippen LogP contribution in [-0.2, 0) is 4.79 Å². The second-order valence-electron chi connectivity index (χ2n) is 5.34. The maximum Gasteiger partial charge on any atom is 0.251 e. The predicted molar refractivity (Wildman–Crippen MR) is 91.7 cm³/mol. The van der Waals surface area contributed by atoms with E-state index in [9.17, 15) is 14.7 Å². The van der Waals surface area contributed by atoms with E-state index in [1.807, 2.05) is 13.0 Å². The third kappa shape index (κ3) is 4.58. The van der Waals surface area contributed by atoms with Crippen molar-refractivity contribution in [2.75, 3.05) is 7.11 Å². The van der Waals surface area contributed by atoms with Crippen LogP contribution in [0.4, 0.5) is 0 Å². The standard InChI is InChI=1S/C18H18BrNO4/c1-11-3-4-13(9-15(11)19)18(23)20-16(10-17(21)22)12-5-7-14(24-2)8-6-12/h3-9,16H,10H2,1-2H3,(H,20,23)(H,21,22)/p-1/t16-/m1/s1. The van der Waals surface area contributed by atoms with E-state index in [2.05, 4.69) is 21.2 Å². The molecule has 0 saturated heterocycles. The van der Waals surface area contributed by atoms with Gasteiger partial charge in [-0.3, -0.25) is 4.79 Å². The molecule has 0 aliphatic heterocycles. The van der Waals surface area contributed by atoms with E-state index in [1.54, 1.807) is 43.5 Å². The number of aliphatic carboxylic acids is 1. The molecule has 1 atom stereocenters. The van der Waals surface area contributed by atoms with Crippen LogP contribution >= 0.6 is 15.9 Å². The van der Waals surface area contributed by atoms with Gasteiger partial charge in [-0.1, -0.05) is 34.1 Å². The average molecular weight is 391 g/mol. The zero-order valence-electron chi connectivity index (χ0n) is 13.3. The van der Waals surface area contributed by atoms with Gasteiger partial charge >= 0.3 is 0 Å². The van der Waals surface area contributed by atoms with Gasteiger partial charge in [0.15, 0.2) is 0 Å². The maximum atomic E-state index is 12.4. The first-order chi connectivity index (χ1) is 11.4. The summed E-state index contributed by atoms with van der Waals surface area (Å²) in [7, 11) is 1.55. The minimum atomic E-state index is -1.23. The number of carbonyl (C=O) groups is 2. The predicted octanol–water partition coefficient (Wildman–Crippen LogP) is 2.38. The summed E-state index contributed by atoms with van der Waals surface area (Å²) in [6.45, 7) is 1.92. The molecular weight excluding hydrogens is 374 g/mol. The topological polar surface area (TPSA) is 78.5 Å². The molecule has 0 aromatic heterocycles. The Bertz CT molecular complexity index is 743. The second-order valence-corrected chi connectivity index (χ2v) is 6.19. The number of methoxy groups -OCH3 is 1. The molecule has 0 aliphatic rings. The van der Waals surface area contributed by atoms with Gasteiger partial charge in [0, 0.05) is 22.4 Å². The Labute approximate surface area is 148 Å². The molecule has 2 aromatic carbocycles. The summed E-state index contributed by atoms with van der Waals surface area (Å²) in [5, 5.41) is 13.8. The van der Waals surface area contributed by atoms with Crippen molar-refractivity contribution in [2.24, 2.45) is 0 Å². The summed E-state index contributed by atoms with van der Waals surface area (Å²) in [5.41, 5.74) is 2.12. The Kier molecular flexibility index (Phi) is 5.98. The summed E-state index contributed by atoms with van der Waals surface area (Å²) in [4.78, 5) is 23.5. The van der Waals surface area contributed by atoms with E-state index >= 15 is 0 Å². The Morgan fingerprint density at radius 3 is 2.42 bits per heavy atom. The molecule has 2 aromatic rings. The Balaban J connectivity index is 2.22. The SMILES string of the molecule is COc1ccc([C@@H](CC(=O)[O-])NC(=O)c2ccc(C)c(Br)c2)cc1. The molecule has 1 N–H and O–H groups in total. The lowest BCUT2D eigenvalue weighted by atomic mass is 10.0. The number of carboxylic acids is 1. The number of hydrogen-bond acceptors (Lipinski definition) is 4. The van der Waals surface area contributed by atoms with Crippen LogP contribution in [-0.4, -0.2) is 19.0 Å². The van der Waals surface area contributed by atoms with Gasteiger partial charge in [0.05, 0.1) is 13.2 Å². The van der Waals surface area contributed by atoms with Crippen LogP contribution < -0.4 is 15.2 Å². The molecule has 0 bridgehead atoms. The number of aryl methyl sites for hydroxylation is 1. The van der Waals surface area contributed by atoms with Crippen molar-refractivity contribution in [3.63, 3.8) is 0 Å².